The van der Waals surface area contributed by atoms with Crippen LogP contribution in [0.1, 0.15) is 30.1 Å². The first-order valence-corrected chi connectivity index (χ1v) is 12.5. The van der Waals surface area contributed by atoms with Gasteiger partial charge in [-0.2, -0.15) is 0 Å². The fourth-order valence-corrected chi connectivity index (χ4v) is 5.08. The number of aromatic nitrogens is 1. The number of carbonyl (C=O) groups excluding carboxylic acids is 2. The number of benzene rings is 3. The van der Waals surface area contributed by atoms with E-state index in [1.807, 2.05) is 66.9 Å². The second-order valence-corrected chi connectivity index (χ2v) is 9.75. The van der Waals surface area contributed by atoms with E-state index >= 15 is 0 Å². The maximum absolute atomic E-state index is 14.1. The van der Waals surface area contributed by atoms with Crippen LogP contribution in [0, 0.1) is 5.82 Å². The van der Waals surface area contributed by atoms with Crippen LogP contribution < -0.4 is 10.2 Å². The van der Waals surface area contributed by atoms with Gasteiger partial charge >= 0.3 is 6.03 Å². The van der Waals surface area contributed by atoms with Gasteiger partial charge in [0.05, 0.1) is 17.1 Å². The average Bonchev–Trinajstić information content (AvgIpc) is 3.62. The number of anilines is 2. The van der Waals surface area contributed by atoms with Crippen LogP contribution in [0.25, 0.3) is 5.69 Å². The largest absolute Gasteiger partial charge is 0.322 e. The third-order valence-electron chi connectivity index (χ3n) is 6.80. The Kier molecular flexibility index (Phi) is 5.93. The highest BCUT2D eigenvalue weighted by Crippen LogP contribution is 2.42. The van der Waals surface area contributed by atoms with Crippen LogP contribution in [0.4, 0.5) is 20.6 Å². The number of fused-ring (bicyclic) bond motifs is 3. The number of hydrogen-bond acceptors (Lipinski definition) is 2. The van der Waals surface area contributed by atoms with Crippen LogP contribution in [0.3, 0.4) is 0 Å². The quantitative estimate of drug-likeness (QED) is 0.335. The minimum absolute atomic E-state index is 0.0320. The number of rotatable bonds is 5. The summed E-state index contributed by atoms with van der Waals surface area (Å²) in [5.74, 6) is -0.647. The normalized spacial score (nSPS) is 16.1. The fourth-order valence-electron chi connectivity index (χ4n) is 4.96. The Morgan fingerprint density at radius 2 is 1.70 bits per heavy atom. The average molecular weight is 515 g/mol. The third-order valence-corrected chi connectivity index (χ3v) is 7.06. The molecule has 1 N–H and O–H groups in total. The summed E-state index contributed by atoms with van der Waals surface area (Å²) in [7, 11) is 0. The molecule has 6 rings (SSSR count). The standard InChI is InChI=1S/C29H24ClFN4O2/c30-20-12-10-19(11-13-20)28-26-9-4-16-33(26)24-7-1-2-8-25(24)35(28)27(36)18-34(23-14-15-23)29(37)32-22-6-3-5-21(31)17-22/h1-13,16-17,23,28H,14-15,18H2,(H,32,37). The van der Waals surface area contributed by atoms with E-state index in [9.17, 15) is 14.0 Å². The zero-order valence-corrected chi connectivity index (χ0v) is 20.6. The van der Waals surface area contributed by atoms with Gasteiger partial charge in [0.25, 0.3) is 0 Å². The molecule has 1 atom stereocenters. The highest BCUT2D eigenvalue weighted by atomic mass is 35.5. The van der Waals surface area contributed by atoms with Crippen molar-refractivity contribution < 1.29 is 14.0 Å². The van der Waals surface area contributed by atoms with Crippen LogP contribution in [0.15, 0.2) is 91.1 Å². The smallest absolute Gasteiger partial charge is 0.316 e. The summed E-state index contributed by atoms with van der Waals surface area (Å²) < 4.78 is 15.8. The molecule has 4 aromatic rings. The minimum Gasteiger partial charge on any atom is -0.316 e. The van der Waals surface area contributed by atoms with Crippen molar-refractivity contribution in [2.45, 2.75) is 24.9 Å². The van der Waals surface area contributed by atoms with E-state index in [0.29, 0.717) is 10.7 Å². The van der Waals surface area contributed by atoms with Gasteiger partial charge < -0.3 is 14.8 Å². The molecule has 2 aliphatic rings. The van der Waals surface area contributed by atoms with Gasteiger partial charge in [-0.25, -0.2) is 9.18 Å². The lowest BCUT2D eigenvalue weighted by atomic mass is 9.97. The van der Waals surface area contributed by atoms with Crippen molar-refractivity contribution in [2.75, 3.05) is 16.8 Å². The van der Waals surface area contributed by atoms with E-state index in [1.54, 1.807) is 15.9 Å². The topological polar surface area (TPSA) is 57.6 Å². The molecule has 3 aromatic carbocycles. The second kappa shape index (κ2) is 9.41. The molecule has 0 bridgehead atoms. The molecule has 2 heterocycles. The summed E-state index contributed by atoms with van der Waals surface area (Å²) in [5, 5.41) is 3.36. The summed E-state index contributed by atoms with van der Waals surface area (Å²) in [4.78, 5) is 30.7. The lowest BCUT2D eigenvalue weighted by Gasteiger charge is -2.39. The van der Waals surface area contributed by atoms with Gasteiger partial charge in [-0.3, -0.25) is 9.69 Å². The molecule has 0 radical (unpaired) electrons. The minimum atomic E-state index is -0.439. The molecule has 3 amide bonds. The predicted octanol–water partition coefficient (Wildman–Crippen LogP) is 6.40. The summed E-state index contributed by atoms with van der Waals surface area (Å²) in [6.07, 6.45) is 3.63. The van der Waals surface area contributed by atoms with Gasteiger partial charge in [-0.1, -0.05) is 41.9 Å². The lowest BCUT2D eigenvalue weighted by Crippen LogP contribution is -2.48. The van der Waals surface area contributed by atoms with Crippen LogP contribution in [-0.2, 0) is 4.79 Å². The van der Waals surface area contributed by atoms with Gasteiger partial charge in [-0.15, -0.1) is 0 Å². The van der Waals surface area contributed by atoms with Crippen molar-refractivity contribution in [3.8, 4) is 5.69 Å². The van der Waals surface area contributed by atoms with E-state index in [1.165, 1.54) is 18.2 Å². The Balaban J connectivity index is 1.36. The van der Waals surface area contributed by atoms with E-state index in [2.05, 4.69) is 9.88 Å². The number of amides is 3. The molecule has 37 heavy (non-hydrogen) atoms. The maximum atomic E-state index is 14.1. The molecule has 1 unspecified atom stereocenters. The maximum Gasteiger partial charge on any atom is 0.322 e. The Hall–Kier alpha value is -4.10. The summed E-state index contributed by atoms with van der Waals surface area (Å²) in [6, 6.07) is 24.1. The van der Waals surface area contributed by atoms with Crippen molar-refractivity contribution in [1.82, 2.24) is 9.47 Å². The molecule has 1 aliphatic heterocycles. The number of nitrogens with zero attached hydrogens (tertiary/aromatic N) is 3. The first-order valence-electron chi connectivity index (χ1n) is 12.2. The number of urea groups is 1. The molecular formula is C29H24ClFN4O2. The summed E-state index contributed by atoms with van der Waals surface area (Å²) >= 11 is 6.17. The zero-order valence-electron chi connectivity index (χ0n) is 19.9. The Bertz CT molecular complexity index is 1480. The first-order chi connectivity index (χ1) is 18.0. The van der Waals surface area contributed by atoms with Gasteiger partial charge in [0.1, 0.15) is 18.4 Å². The molecule has 186 valence electrons. The number of hydrogen-bond donors (Lipinski definition) is 1. The number of halogens is 2. The van der Waals surface area contributed by atoms with Crippen LogP contribution in [-0.4, -0.2) is 34.0 Å². The highest BCUT2D eigenvalue weighted by Gasteiger charge is 2.40. The van der Waals surface area contributed by atoms with Crippen molar-refractivity contribution in [3.63, 3.8) is 0 Å². The van der Waals surface area contributed by atoms with Crippen molar-refractivity contribution >= 4 is 34.9 Å². The molecule has 1 fully saturated rings. The van der Waals surface area contributed by atoms with E-state index in [-0.39, 0.29) is 18.5 Å². The predicted molar refractivity (Wildman–Crippen MR) is 142 cm³/mol. The Labute approximate surface area is 218 Å². The first kappa shape index (κ1) is 23.3. The SMILES string of the molecule is O=C(Nc1cccc(F)c1)N(CC(=O)N1c2ccccc2-n2cccc2C1c1ccc(Cl)cc1)C1CC1. The summed E-state index contributed by atoms with van der Waals surface area (Å²) in [5.41, 5.74) is 3.86. The Morgan fingerprint density at radius 3 is 2.43 bits per heavy atom. The molecule has 0 saturated heterocycles. The van der Waals surface area contributed by atoms with Crippen molar-refractivity contribution in [2.24, 2.45) is 0 Å². The lowest BCUT2D eigenvalue weighted by molar-refractivity contribution is -0.119. The van der Waals surface area contributed by atoms with E-state index in [0.717, 1.165) is 35.5 Å². The highest BCUT2D eigenvalue weighted by molar-refractivity contribution is 6.30. The van der Waals surface area contributed by atoms with Crippen molar-refractivity contribution in [1.29, 1.82) is 0 Å². The number of nitrogens with one attached hydrogen (secondary N) is 1. The van der Waals surface area contributed by atoms with Crippen LogP contribution >= 0.6 is 11.6 Å². The molecule has 1 aliphatic carbocycles. The second-order valence-electron chi connectivity index (χ2n) is 9.31. The van der Waals surface area contributed by atoms with Crippen molar-refractivity contribution in [3.05, 3.63) is 113 Å². The number of para-hydroxylation sites is 2. The van der Waals surface area contributed by atoms with E-state index in [4.69, 9.17) is 11.6 Å². The van der Waals surface area contributed by atoms with Gasteiger partial charge in [-0.05, 0) is 73.0 Å². The molecule has 0 spiro atoms. The number of carbonyl (C=O) groups is 2. The molecule has 1 aromatic heterocycles. The van der Waals surface area contributed by atoms with Gasteiger partial charge in [0.15, 0.2) is 0 Å². The monoisotopic (exact) mass is 514 g/mol. The fraction of sp³-hybridized carbons (Fsp3) is 0.172. The molecule has 8 heteroatoms. The molecule has 6 nitrogen and oxygen atoms in total. The van der Waals surface area contributed by atoms with Crippen LogP contribution in [0.5, 0.6) is 0 Å². The summed E-state index contributed by atoms with van der Waals surface area (Å²) in [6.45, 7) is -0.106. The molecular weight excluding hydrogens is 491 g/mol. The Morgan fingerprint density at radius 1 is 0.946 bits per heavy atom. The van der Waals surface area contributed by atoms with Gasteiger partial charge in [0.2, 0.25) is 5.91 Å². The third kappa shape index (κ3) is 4.47. The van der Waals surface area contributed by atoms with Crippen LogP contribution in [0.2, 0.25) is 5.02 Å². The zero-order chi connectivity index (χ0) is 25.5. The van der Waals surface area contributed by atoms with Gasteiger partial charge in [0, 0.05) is 22.9 Å². The molecule has 1 saturated carbocycles. The van der Waals surface area contributed by atoms with E-state index < -0.39 is 17.9 Å².